The molecule has 1 aliphatic heterocycles. The lowest BCUT2D eigenvalue weighted by Crippen LogP contribution is -2.44. The van der Waals surface area contributed by atoms with Gasteiger partial charge in [-0.3, -0.25) is 4.79 Å². The first-order chi connectivity index (χ1) is 13.1. The van der Waals surface area contributed by atoms with Crippen LogP contribution in [0.2, 0.25) is 0 Å². The summed E-state index contributed by atoms with van der Waals surface area (Å²) in [6.45, 7) is 1.23. The minimum absolute atomic E-state index is 0.132. The molecule has 1 aliphatic rings. The number of alkyl halides is 3. The van der Waals surface area contributed by atoms with Crippen LogP contribution in [-0.2, 0) is 4.79 Å². The summed E-state index contributed by atoms with van der Waals surface area (Å²) in [6.07, 6.45) is -2.27. The van der Waals surface area contributed by atoms with Gasteiger partial charge in [0, 0.05) is 19.2 Å². The van der Waals surface area contributed by atoms with Crippen molar-refractivity contribution in [1.29, 1.82) is 0 Å². The van der Waals surface area contributed by atoms with E-state index in [1.807, 2.05) is 0 Å². The quantitative estimate of drug-likeness (QED) is 0.752. The average Bonchev–Trinajstić information content (AvgIpc) is 2.51. The molecule has 1 saturated heterocycles. The van der Waals surface area contributed by atoms with E-state index in [-0.39, 0.29) is 18.3 Å². The number of aromatic nitrogens is 3. The summed E-state index contributed by atoms with van der Waals surface area (Å²) in [5, 5.41) is 9.08. The zero-order chi connectivity index (χ0) is 20.9. The molecule has 0 aliphatic carbocycles. The molecule has 2 aromatic heterocycles. The molecule has 0 bridgehead atoms. The largest absolute Gasteiger partial charge is 0.519 e. The number of amides is 1. The highest BCUT2D eigenvalue weighted by atomic mass is 19.4. The Bertz CT molecular complexity index is 838. The Morgan fingerprint density at radius 3 is 2.32 bits per heavy atom. The first-order valence-electron chi connectivity index (χ1n) is 7.69. The second-order valence-corrected chi connectivity index (χ2v) is 5.42. The normalized spacial score (nSPS) is 13.3. The van der Waals surface area contributed by atoms with Crippen LogP contribution in [0.1, 0.15) is 6.42 Å². The van der Waals surface area contributed by atoms with Gasteiger partial charge >= 0.3 is 6.36 Å². The van der Waals surface area contributed by atoms with Crippen molar-refractivity contribution in [2.75, 3.05) is 25.0 Å². The Hall–Kier alpha value is -2.96. The van der Waals surface area contributed by atoms with Crippen molar-refractivity contribution in [2.45, 2.75) is 12.8 Å². The van der Waals surface area contributed by atoms with Crippen molar-refractivity contribution >= 4 is 11.7 Å². The predicted octanol–water partition coefficient (Wildman–Crippen LogP) is 2.10. The number of nitrogens with zero attached hydrogens (tertiary/aromatic N) is 4. The second kappa shape index (κ2) is 8.82. The fourth-order valence-electron chi connectivity index (χ4n) is 2.08. The van der Waals surface area contributed by atoms with E-state index < -0.39 is 35.2 Å². The number of pyridine rings is 1. The number of nitrogens with one attached hydrogen (secondary N) is 1. The Labute approximate surface area is 154 Å². The summed E-state index contributed by atoms with van der Waals surface area (Å²) in [5.74, 6) is -3.29. The molecule has 2 N–H and O–H groups in total. The lowest BCUT2D eigenvalue weighted by Gasteiger charge is -2.30. The number of hydrogen-bond acceptors (Lipinski definition) is 6. The van der Waals surface area contributed by atoms with E-state index in [0.717, 1.165) is 18.9 Å². The van der Waals surface area contributed by atoms with Crippen LogP contribution in [-0.4, -0.2) is 56.9 Å². The van der Waals surface area contributed by atoms with Crippen molar-refractivity contribution in [1.82, 2.24) is 19.9 Å². The molecule has 7 nitrogen and oxygen atoms in total. The topological polar surface area (TPSA) is 91.2 Å². The predicted molar refractivity (Wildman–Crippen MR) is 83.1 cm³/mol. The number of likely N-dealkylation sites (tertiary alicyclic amines) is 1. The van der Waals surface area contributed by atoms with Crippen molar-refractivity contribution in [3.8, 4) is 11.4 Å². The summed E-state index contributed by atoms with van der Waals surface area (Å²) >= 11 is 0. The second-order valence-electron chi connectivity index (χ2n) is 5.42. The number of carbonyl (C=O) groups is 1. The van der Waals surface area contributed by atoms with Gasteiger partial charge in [0.2, 0.25) is 5.91 Å². The molecule has 1 amide bonds. The molecule has 2 aromatic rings. The first-order valence-corrected chi connectivity index (χ1v) is 7.69. The average molecular weight is 409 g/mol. The maximum absolute atomic E-state index is 14.4. The highest BCUT2D eigenvalue weighted by Gasteiger charge is 2.22. The van der Waals surface area contributed by atoms with Crippen LogP contribution >= 0.6 is 0 Å². The highest BCUT2D eigenvalue weighted by molar-refractivity contribution is 5.81. The molecule has 152 valence electrons. The van der Waals surface area contributed by atoms with Crippen molar-refractivity contribution in [2.24, 2.45) is 0 Å². The van der Waals surface area contributed by atoms with Gasteiger partial charge in [-0.25, -0.2) is 28.1 Å². The van der Waals surface area contributed by atoms with E-state index in [4.69, 9.17) is 5.11 Å². The van der Waals surface area contributed by atoms with E-state index in [2.05, 4.69) is 20.3 Å². The summed E-state index contributed by atoms with van der Waals surface area (Å²) < 4.78 is 70.7. The van der Waals surface area contributed by atoms with Gasteiger partial charge in [-0.1, -0.05) is 0 Å². The van der Waals surface area contributed by atoms with Crippen LogP contribution in [0, 0.1) is 17.5 Å². The molecule has 1 fully saturated rings. The number of hydrogen-bond donors (Lipinski definition) is 2. The van der Waals surface area contributed by atoms with Gasteiger partial charge in [-0.2, -0.15) is 0 Å². The molecule has 3 rings (SSSR count). The molecule has 0 atom stereocenters. The van der Waals surface area contributed by atoms with Crippen LogP contribution < -0.4 is 5.32 Å². The summed E-state index contributed by atoms with van der Waals surface area (Å²) in [5.41, 5.74) is -0.834. The lowest BCUT2D eigenvalue weighted by atomic mass is 10.2. The Kier molecular flexibility index (Phi) is 6.72. The third-order valence-corrected chi connectivity index (χ3v) is 3.44. The van der Waals surface area contributed by atoms with Crippen LogP contribution in [0.25, 0.3) is 11.4 Å². The minimum Gasteiger partial charge on any atom is -0.358 e. The summed E-state index contributed by atoms with van der Waals surface area (Å²) in [6, 6.07) is 0.588. The smallest absolute Gasteiger partial charge is 0.358 e. The molecule has 3 heterocycles. The van der Waals surface area contributed by atoms with Gasteiger partial charge in [-0.05, 0) is 6.42 Å². The summed E-state index contributed by atoms with van der Waals surface area (Å²) in [7, 11) is 0. The van der Waals surface area contributed by atoms with Gasteiger partial charge in [0.1, 0.15) is 23.5 Å². The fourth-order valence-corrected chi connectivity index (χ4v) is 2.08. The van der Waals surface area contributed by atoms with E-state index in [1.54, 1.807) is 4.90 Å². The van der Waals surface area contributed by atoms with E-state index in [1.165, 1.54) is 0 Å². The summed E-state index contributed by atoms with van der Waals surface area (Å²) in [4.78, 5) is 24.2. The number of rotatable bonds is 4. The van der Waals surface area contributed by atoms with Crippen LogP contribution in [0.5, 0.6) is 0 Å². The monoisotopic (exact) mass is 409 g/mol. The maximum Gasteiger partial charge on any atom is 0.519 e. The van der Waals surface area contributed by atoms with Crippen molar-refractivity contribution < 1.29 is 36.2 Å². The molecule has 0 radical (unpaired) electrons. The zero-order valence-corrected chi connectivity index (χ0v) is 14.0. The molecule has 0 unspecified atom stereocenters. The minimum atomic E-state index is -5.00. The number of halogens is 6. The molecule has 0 spiro atoms. The molecule has 28 heavy (non-hydrogen) atoms. The first kappa shape index (κ1) is 21.3. The molecule has 13 heteroatoms. The fraction of sp³-hybridized carbons (Fsp3) is 0.333. The van der Waals surface area contributed by atoms with Crippen molar-refractivity contribution in [3.05, 3.63) is 36.0 Å². The van der Waals surface area contributed by atoms with Crippen LogP contribution in [0.3, 0.4) is 0 Å². The third-order valence-electron chi connectivity index (χ3n) is 3.44. The highest BCUT2D eigenvalue weighted by Crippen LogP contribution is 2.24. The molecular weight excluding hydrogens is 396 g/mol. The number of aliphatic hydroxyl groups is 1. The molecule has 0 saturated carbocycles. The number of anilines is 1. The van der Waals surface area contributed by atoms with E-state index in [0.29, 0.717) is 19.2 Å². The van der Waals surface area contributed by atoms with Gasteiger partial charge in [0.25, 0.3) is 0 Å². The Balaban J connectivity index is 0.000000500. The van der Waals surface area contributed by atoms with Gasteiger partial charge in [0.05, 0.1) is 12.7 Å². The van der Waals surface area contributed by atoms with E-state index in [9.17, 15) is 31.1 Å². The third kappa shape index (κ3) is 6.04. The Morgan fingerprint density at radius 2 is 1.79 bits per heavy atom. The molecular formula is C15H13F6N5O2. The standard InChI is InChI=1S/C14H12F3N5O.CHF3O/c15-8-4-9(16)12(18-5-8)13-11(17)14(21-7-20-13)19-6-10(23)22-2-1-3-22;2-1(3,4)5/h4-5,7H,1-3,6H2,(H,19,20,21);5H. The maximum atomic E-state index is 14.4. The lowest BCUT2D eigenvalue weighted by molar-refractivity contribution is -0.295. The SMILES string of the molecule is O=C(CNc1ncnc(-c2ncc(F)cc2F)c1F)N1CCC1.OC(F)(F)F. The Morgan fingerprint density at radius 1 is 1.14 bits per heavy atom. The van der Waals surface area contributed by atoms with Crippen LogP contribution in [0.4, 0.5) is 32.2 Å². The van der Waals surface area contributed by atoms with Gasteiger partial charge in [0.15, 0.2) is 17.5 Å². The number of carbonyl (C=O) groups excluding carboxylic acids is 1. The zero-order valence-electron chi connectivity index (χ0n) is 14.0. The van der Waals surface area contributed by atoms with E-state index >= 15 is 0 Å². The van der Waals surface area contributed by atoms with Crippen molar-refractivity contribution in [3.63, 3.8) is 0 Å². The van der Waals surface area contributed by atoms with Gasteiger partial charge in [-0.15, -0.1) is 13.2 Å². The van der Waals surface area contributed by atoms with Gasteiger partial charge < -0.3 is 15.3 Å². The molecule has 0 aromatic carbocycles. The van der Waals surface area contributed by atoms with Crippen LogP contribution in [0.15, 0.2) is 18.6 Å².